The number of rotatable bonds is 8. The summed E-state index contributed by atoms with van der Waals surface area (Å²) in [6.07, 6.45) is 2.93. The fourth-order valence-electron chi connectivity index (χ4n) is 1.36. The fraction of sp³-hybridized carbons (Fsp3) is 0.900. The van der Waals surface area contributed by atoms with Gasteiger partial charge in [-0.05, 0) is 26.4 Å². The van der Waals surface area contributed by atoms with Crippen molar-refractivity contribution in [2.45, 2.75) is 45.2 Å². The standard InChI is InChI=1S/C10H23N3O/c1-8(2)13-9(10(11)14)6-4-5-7-12-3/h8-9,12-13H,4-7H2,1-3H3,(H2,11,14). The molecule has 0 aliphatic carbocycles. The van der Waals surface area contributed by atoms with Gasteiger partial charge in [0.05, 0.1) is 6.04 Å². The Hall–Kier alpha value is -0.610. The average molecular weight is 201 g/mol. The Morgan fingerprint density at radius 3 is 2.43 bits per heavy atom. The molecule has 1 unspecified atom stereocenters. The first-order chi connectivity index (χ1) is 6.57. The van der Waals surface area contributed by atoms with Crippen molar-refractivity contribution in [1.82, 2.24) is 10.6 Å². The quantitative estimate of drug-likeness (QED) is 0.492. The Bertz CT molecular complexity index is 159. The van der Waals surface area contributed by atoms with Crippen LogP contribution in [0.4, 0.5) is 0 Å². The molecule has 1 atom stereocenters. The van der Waals surface area contributed by atoms with Crippen LogP contribution in [0.15, 0.2) is 0 Å². The van der Waals surface area contributed by atoms with E-state index in [2.05, 4.69) is 10.6 Å². The van der Waals surface area contributed by atoms with Gasteiger partial charge in [0, 0.05) is 6.04 Å². The molecular formula is C10H23N3O. The number of amides is 1. The van der Waals surface area contributed by atoms with Crippen LogP contribution in [0.5, 0.6) is 0 Å². The minimum Gasteiger partial charge on any atom is -0.368 e. The Morgan fingerprint density at radius 1 is 1.36 bits per heavy atom. The third-order valence-corrected chi connectivity index (χ3v) is 2.05. The van der Waals surface area contributed by atoms with Crippen molar-refractivity contribution in [2.75, 3.05) is 13.6 Å². The topological polar surface area (TPSA) is 67.2 Å². The first kappa shape index (κ1) is 13.4. The van der Waals surface area contributed by atoms with Gasteiger partial charge < -0.3 is 16.4 Å². The molecule has 0 saturated carbocycles. The number of nitrogens with one attached hydrogen (secondary N) is 2. The molecule has 0 aliphatic rings. The molecule has 0 bridgehead atoms. The summed E-state index contributed by atoms with van der Waals surface area (Å²) in [6.45, 7) is 5.03. The van der Waals surface area contributed by atoms with Gasteiger partial charge in [-0.3, -0.25) is 4.79 Å². The van der Waals surface area contributed by atoms with E-state index in [0.717, 1.165) is 25.8 Å². The number of unbranched alkanes of at least 4 members (excludes halogenated alkanes) is 1. The monoisotopic (exact) mass is 201 g/mol. The van der Waals surface area contributed by atoms with Gasteiger partial charge >= 0.3 is 0 Å². The van der Waals surface area contributed by atoms with Crippen molar-refractivity contribution in [3.05, 3.63) is 0 Å². The zero-order chi connectivity index (χ0) is 11.0. The lowest BCUT2D eigenvalue weighted by Gasteiger charge is -2.17. The fourth-order valence-corrected chi connectivity index (χ4v) is 1.36. The highest BCUT2D eigenvalue weighted by Gasteiger charge is 2.14. The van der Waals surface area contributed by atoms with E-state index in [1.807, 2.05) is 20.9 Å². The summed E-state index contributed by atoms with van der Waals surface area (Å²) in [4.78, 5) is 11.0. The maximum Gasteiger partial charge on any atom is 0.234 e. The van der Waals surface area contributed by atoms with Gasteiger partial charge in [0.2, 0.25) is 5.91 Å². The first-order valence-electron chi connectivity index (χ1n) is 5.28. The minimum absolute atomic E-state index is 0.174. The molecule has 0 rings (SSSR count). The van der Waals surface area contributed by atoms with Crippen LogP contribution in [0.1, 0.15) is 33.1 Å². The predicted molar refractivity (Wildman–Crippen MR) is 59.0 cm³/mol. The molecule has 84 valence electrons. The molecule has 0 aromatic rings. The molecule has 4 heteroatoms. The molecule has 4 nitrogen and oxygen atoms in total. The van der Waals surface area contributed by atoms with E-state index in [0.29, 0.717) is 6.04 Å². The van der Waals surface area contributed by atoms with E-state index in [4.69, 9.17) is 5.73 Å². The van der Waals surface area contributed by atoms with Crippen LogP contribution in [-0.2, 0) is 4.79 Å². The second-order valence-electron chi connectivity index (χ2n) is 3.88. The Balaban J connectivity index is 3.68. The van der Waals surface area contributed by atoms with Gasteiger partial charge in [-0.15, -0.1) is 0 Å². The number of hydrogen-bond donors (Lipinski definition) is 3. The lowest BCUT2D eigenvalue weighted by molar-refractivity contribution is -0.120. The van der Waals surface area contributed by atoms with E-state index >= 15 is 0 Å². The summed E-state index contributed by atoms with van der Waals surface area (Å²) >= 11 is 0. The largest absolute Gasteiger partial charge is 0.368 e. The number of carbonyl (C=O) groups is 1. The van der Waals surface area contributed by atoms with Crippen molar-refractivity contribution in [1.29, 1.82) is 0 Å². The summed E-state index contributed by atoms with van der Waals surface area (Å²) in [5.74, 6) is -0.247. The normalized spacial score (nSPS) is 13.1. The highest BCUT2D eigenvalue weighted by molar-refractivity contribution is 5.79. The second-order valence-corrected chi connectivity index (χ2v) is 3.88. The van der Waals surface area contributed by atoms with Gasteiger partial charge in [-0.2, -0.15) is 0 Å². The lowest BCUT2D eigenvalue weighted by atomic mass is 10.1. The number of nitrogens with two attached hydrogens (primary N) is 1. The van der Waals surface area contributed by atoms with Crippen LogP contribution in [0.3, 0.4) is 0 Å². The van der Waals surface area contributed by atoms with Gasteiger partial charge in [-0.25, -0.2) is 0 Å². The molecule has 0 spiro atoms. The molecule has 0 aromatic heterocycles. The Morgan fingerprint density at radius 2 is 2.00 bits per heavy atom. The number of primary amides is 1. The van der Waals surface area contributed by atoms with Crippen molar-refractivity contribution in [2.24, 2.45) is 5.73 Å². The maximum atomic E-state index is 11.0. The van der Waals surface area contributed by atoms with E-state index in [1.165, 1.54) is 0 Å². The van der Waals surface area contributed by atoms with Crippen LogP contribution < -0.4 is 16.4 Å². The molecule has 0 heterocycles. The molecule has 0 fully saturated rings. The molecule has 14 heavy (non-hydrogen) atoms. The van der Waals surface area contributed by atoms with Gasteiger partial charge in [0.15, 0.2) is 0 Å². The van der Waals surface area contributed by atoms with Crippen LogP contribution in [0.2, 0.25) is 0 Å². The van der Waals surface area contributed by atoms with Crippen LogP contribution in [0.25, 0.3) is 0 Å². The maximum absolute atomic E-state index is 11.0. The summed E-state index contributed by atoms with van der Waals surface area (Å²) < 4.78 is 0. The summed E-state index contributed by atoms with van der Waals surface area (Å²) in [5, 5.41) is 6.24. The third kappa shape index (κ3) is 6.86. The third-order valence-electron chi connectivity index (χ3n) is 2.05. The molecule has 4 N–H and O–H groups in total. The van der Waals surface area contributed by atoms with Crippen molar-refractivity contribution >= 4 is 5.91 Å². The molecule has 1 amide bonds. The lowest BCUT2D eigenvalue weighted by Crippen LogP contribution is -2.44. The SMILES string of the molecule is CNCCCCC(NC(C)C)C(N)=O. The van der Waals surface area contributed by atoms with E-state index in [9.17, 15) is 4.79 Å². The Labute approximate surface area is 86.6 Å². The summed E-state index contributed by atoms with van der Waals surface area (Å²) in [5.41, 5.74) is 5.28. The molecule has 0 aliphatic heterocycles. The van der Waals surface area contributed by atoms with E-state index < -0.39 is 0 Å². The van der Waals surface area contributed by atoms with Crippen molar-refractivity contribution in [3.63, 3.8) is 0 Å². The van der Waals surface area contributed by atoms with Gasteiger partial charge in [-0.1, -0.05) is 20.3 Å². The Kier molecular flexibility index (Phi) is 7.42. The highest BCUT2D eigenvalue weighted by atomic mass is 16.1. The second kappa shape index (κ2) is 7.76. The molecule has 0 aromatic carbocycles. The van der Waals surface area contributed by atoms with Gasteiger partial charge in [0.1, 0.15) is 0 Å². The summed E-state index contributed by atoms with van der Waals surface area (Å²) in [6, 6.07) is 0.128. The average Bonchev–Trinajstić information content (AvgIpc) is 2.09. The van der Waals surface area contributed by atoms with Crippen molar-refractivity contribution < 1.29 is 4.79 Å². The van der Waals surface area contributed by atoms with Crippen molar-refractivity contribution in [3.8, 4) is 0 Å². The zero-order valence-corrected chi connectivity index (χ0v) is 9.47. The first-order valence-corrected chi connectivity index (χ1v) is 5.28. The molecular weight excluding hydrogens is 178 g/mol. The number of hydrogen-bond acceptors (Lipinski definition) is 3. The molecule has 0 saturated heterocycles. The minimum atomic E-state index is -0.247. The predicted octanol–water partition coefficient (Wildman–Crippen LogP) is 0.228. The zero-order valence-electron chi connectivity index (χ0n) is 9.47. The molecule has 0 radical (unpaired) electrons. The van der Waals surface area contributed by atoms with E-state index in [1.54, 1.807) is 0 Å². The smallest absolute Gasteiger partial charge is 0.234 e. The van der Waals surface area contributed by atoms with E-state index in [-0.39, 0.29) is 11.9 Å². The number of carbonyl (C=O) groups excluding carboxylic acids is 1. The van der Waals surface area contributed by atoms with Gasteiger partial charge in [0.25, 0.3) is 0 Å². The van der Waals surface area contributed by atoms with Crippen LogP contribution >= 0.6 is 0 Å². The highest BCUT2D eigenvalue weighted by Crippen LogP contribution is 2.01. The summed E-state index contributed by atoms with van der Waals surface area (Å²) in [7, 11) is 1.93. The van der Waals surface area contributed by atoms with Crippen LogP contribution in [-0.4, -0.2) is 31.6 Å². The van der Waals surface area contributed by atoms with Crippen LogP contribution in [0, 0.1) is 0 Å².